The molecule has 0 heterocycles. The van der Waals surface area contributed by atoms with Crippen LogP contribution >= 0.6 is 0 Å². The van der Waals surface area contributed by atoms with Crippen molar-refractivity contribution in [3.8, 4) is 5.75 Å². The highest BCUT2D eigenvalue weighted by Gasteiger charge is 2.13. The molecule has 0 aliphatic heterocycles. The Morgan fingerprint density at radius 1 is 1.04 bits per heavy atom. The van der Waals surface area contributed by atoms with Gasteiger partial charge < -0.3 is 20.6 Å². The lowest BCUT2D eigenvalue weighted by Crippen LogP contribution is -2.29. The molecular formula is C20H33N3O4S. The van der Waals surface area contributed by atoms with Crippen molar-refractivity contribution in [1.82, 2.24) is 10.2 Å². The highest BCUT2D eigenvalue weighted by Crippen LogP contribution is 2.30. The molecule has 0 aromatic heterocycles. The lowest BCUT2D eigenvalue weighted by Gasteiger charge is -2.12. The summed E-state index contributed by atoms with van der Waals surface area (Å²) in [5, 5.41) is 17.5. The Bertz CT molecular complexity index is 859. The Kier molecular flexibility index (Phi) is 9.16. The Hall–Kier alpha value is -1.87. The number of benzene rings is 2. The van der Waals surface area contributed by atoms with Crippen LogP contribution in [0.1, 0.15) is 27.7 Å². The van der Waals surface area contributed by atoms with E-state index in [4.69, 9.17) is 4.55 Å². The molecule has 4 N–H and O–H groups in total. The number of rotatable bonds is 7. The summed E-state index contributed by atoms with van der Waals surface area (Å²) in [5.41, 5.74) is 0.833. The third-order valence-electron chi connectivity index (χ3n) is 3.76. The number of hydrogen-bond acceptors (Lipinski definition) is 6. The molecular weight excluding hydrogens is 378 g/mol. The van der Waals surface area contributed by atoms with Crippen LogP contribution in [0.5, 0.6) is 5.75 Å². The van der Waals surface area contributed by atoms with Gasteiger partial charge in [0.25, 0.3) is 10.1 Å². The average molecular weight is 412 g/mol. The highest BCUT2D eigenvalue weighted by atomic mass is 32.2. The molecule has 0 saturated heterocycles. The third kappa shape index (κ3) is 8.43. The highest BCUT2D eigenvalue weighted by molar-refractivity contribution is 7.85. The Balaban J connectivity index is 0.000000480. The Labute approximate surface area is 168 Å². The monoisotopic (exact) mass is 411 g/mol. The second kappa shape index (κ2) is 10.6. The second-order valence-corrected chi connectivity index (χ2v) is 8.98. The lowest BCUT2D eigenvalue weighted by atomic mass is 10.1. The largest absolute Gasteiger partial charge is 0.507 e. The minimum absolute atomic E-state index is 0.184. The normalized spacial score (nSPS) is 11.8. The zero-order chi connectivity index (χ0) is 21.5. The first kappa shape index (κ1) is 24.2. The van der Waals surface area contributed by atoms with Gasteiger partial charge in [-0.25, -0.2) is 0 Å². The topological polar surface area (TPSA) is 102 Å². The first-order chi connectivity index (χ1) is 12.9. The summed E-state index contributed by atoms with van der Waals surface area (Å²) in [7, 11) is -0.378. The molecule has 2 rings (SSSR count). The van der Waals surface area contributed by atoms with Crippen LogP contribution in [0.15, 0.2) is 35.2 Å². The minimum Gasteiger partial charge on any atom is -0.507 e. The molecule has 0 fully saturated rings. The van der Waals surface area contributed by atoms with Gasteiger partial charge >= 0.3 is 0 Å². The maximum Gasteiger partial charge on any atom is 0.294 e. The second-order valence-electron chi connectivity index (χ2n) is 7.56. The van der Waals surface area contributed by atoms with E-state index >= 15 is 0 Å². The molecule has 2 aromatic rings. The van der Waals surface area contributed by atoms with E-state index in [0.29, 0.717) is 22.9 Å². The predicted molar refractivity (Wildman–Crippen MR) is 116 cm³/mol. The number of phenols is 1. The van der Waals surface area contributed by atoms with Crippen LogP contribution in [-0.4, -0.2) is 62.2 Å². The van der Waals surface area contributed by atoms with Gasteiger partial charge in [0.1, 0.15) is 5.75 Å². The fraction of sp³-hybridized carbons (Fsp3) is 0.500. The van der Waals surface area contributed by atoms with Crippen LogP contribution in [0.25, 0.3) is 10.8 Å². The molecule has 8 heteroatoms. The van der Waals surface area contributed by atoms with Crippen LogP contribution in [0.4, 0.5) is 5.69 Å². The molecule has 0 atom stereocenters. The van der Waals surface area contributed by atoms with Crippen molar-refractivity contribution >= 4 is 26.6 Å². The molecule has 0 saturated carbocycles. The third-order valence-corrected chi connectivity index (χ3v) is 4.59. The maximum absolute atomic E-state index is 11.1. The van der Waals surface area contributed by atoms with Gasteiger partial charge in [-0.15, -0.1) is 0 Å². The quantitative estimate of drug-likeness (QED) is 0.519. The number of nitrogens with one attached hydrogen (secondary N) is 2. The number of phenolic OH excluding ortho intramolecular Hbond substituents is 1. The summed E-state index contributed by atoms with van der Waals surface area (Å²) in [5.74, 6) is -0.184. The van der Waals surface area contributed by atoms with Crippen molar-refractivity contribution in [1.29, 1.82) is 0 Å². The van der Waals surface area contributed by atoms with Gasteiger partial charge in [-0.05, 0) is 37.7 Å². The summed E-state index contributed by atoms with van der Waals surface area (Å²) in [6.07, 6.45) is 0. The molecule has 0 aliphatic carbocycles. The van der Waals surface area contributed by atoms with Crippen LogP contribution in [0.3, 0.4) is 0 Å². The van der Waals surface area contributed by atoms with Gasteiger partial charge in [-0.2, -0.15) is 8.42 Å². The molecule has 0 bridgehead atoms. The SMILES string of the molecule is CC(C)NC(C)C.CN(C)CCNc1ccc2cc(S(=O)(=O)O)cc(O)c2c1. The Morgan fingerprint density at radius 3 is 2.11 bits per heavy atom. The van der Waals surface area contributed by atoms with Crippen LogP contribution in [0, 0.1) is 0 Å². The summed E-state index contributed by atoms with van der Waals surface area (Å²) >= 11 is 0. The molecule has 0 aliphatic rings. The summed E-state index contributed by atoms with van der Waals surface area (Å²) < 4.78 is 31.3. The van der Waals surface area contributed by atoms with Crippen LogP contribution < -0.4 is 10.6 Å². The molecule has 28 heavy (non-hydrogen) atoms. The molecule has 0 radical (unpaired) electrons. The maximum atomic E-state index is 11.1. The molecule has 0 amide bonds. The number of hydrogen-bond donors (Lipinski definition) is 4. The van der Waals surface area contributed by atoms with Gasteiger partial charge in [0.15, 0.2) is 0 Å². The van der Waals surface area contributed by atoms with E-state index in [1.54, 1.807) is 18.2 Å². The fourth-order valence-corrected chi connectivity index (χ4v) is 3.20. The average Bonchev–Trinajstić information content (AvgIpc) is 2.53. The van der Waals surface area contributed by atoms with Crippen molar-refractivity contribution in [2.45, 2.75) is 44.7 Å². The van der Waals surface area contributed by atoms with Crippen molar-refractivity contribution in [3.63, 3.8) is 0 Å². The van der Waals surface area contributed by atoms with Crippen molar-refractivity contribution in [2.24, 2.45) is 0 Å². The first-order valence-corrected chi connectivity index (χ1v) is 10.7. The number of likely N-dealkylation sites (N-methyl/N-ethyl adjacent to an activating group) is 1. The first-order valence-electron chi connectivity index (χ1n) is 9.29. The zero-order valence-electron chi connectivity index (χ0n) is 17.5. The smallest absolute Gasteiger partial charge is 0.294 e. The number of aromatic hydroxyl groups is 1. The van der Waals surface area contributed by atoms with E-state index in [9.17, 15) is 13.5 Å². The molecule has 7 nitrogen and oxygen atoms in total. The molecule has 2 aromatic carbocycles. The van der Waals surface area contributed by atoms with E-state index in [2.05, 4.69) is 38.3 Å². The van der Waals surface area contributed by atoms with E-state index in [1.807, 2.05) is 19.0 Å². The Morgan fingerprint density at radius 2 is 1.64 bits per heavy atom. The summed E-state index contributed by atoms with van der Waals surface area (Å²) in [6, 6.07) is 8.86. The molecule has 0 unspecified atom stereocenters. The van der Waals surface area contributed by atoms with Crippen molar-refractivity contribution in [2.75, 3.05) is 32.5 Å². The van der Waals surface area contributed by atoms with Crippen LogP contribution in [-0.2, 0) is 10.1 Å². The van der Waals surface area contributed by atoms with Crippen LogP contribution in [0.2, 0.25) is 0 Å². The van der Waals surface area contributed by atoms with Gasteiger partial charge in [-0.1, -0.05) is 33.8 Å². The van der Waals surface area contributed by atoms with Crippen molar-refractivity contribution < 1.29 is 18.1 Å². The molecule has 158 valence electrons. The van der Waals surface area contributed by atoms with E-state index in [1.165, 1.54) is 6.07 Å². The fourth-order valence-electron chi connectivity index (χ4n) is 2.66. The zero-order valence-corrected chi connectivity index (χ0v) is 18.3. The van der Waals surface area contributed by atoms with Crippen molar-refractivity contribution in [3.05, 3.63) is 30.3 Å². The van der Waals surface area contributed by atoms with Gasteiger partial charge in [0.2, 0.25) is 0 Å². The minimum atomic E-state index is -4.33. The predicted octanol–water partition coefficient (Wildman–Crippen LogP) is 3.16. The molecule has 0 spiro atoms. The van der Waals surface area contributed by atoms with E-state index in [-0.39, 0.29) is 10.6 Å². The standard InChI is InChI=1S/C14H18N2O4S.C6H15N/c1-16(2)6-5-15-11-4-3-10-7-12(21(18,19)20)9-14(17)13(10)8-11;1-5(2)7-6(3)4/h3-4,7-9,15,17H,5-6H2,1-2H3,(H,18,19,20);5-7H,1-4H3. The van der Waals surface area contributed by atoms with Gasteiger partial charge in [-0.3, -0.25) is 4.55 Å². The van der Waals surface area contributed by atoms with E-state index in [0.717, 1.165) is 24.8 Å². The number of fused-ring (bicyclic) bond motifs is 1. The summed E-state index contributed by atoms with van der Waals surface area (Å²) in [4.78, 5) is 1.73. The van der Waals surface area contributed by atoms with E-state index < -0.39 is 10.1 Å². The van der Waals surface area contributed by atoms with Gasteiger partial charge in [0, 0.05) is 42.3 Å². The number of nitrogens with zero attached hydrogens (tertiary/aromatic N) is 1. The van der Waals surface area contributed by atoms with Gasteiger partial charge in [0.05, 0.1) is 4.90 Å². The lowest BCUT2D eigenvalue weighted by molar-refractivity contribution is 0.425. The summed E-state index contributed by atoms with van der Waals surface area (Å²) in [6.45, 7) is 10.2. The number of anilines is 1.